The van der Waals surface area contributed by atoms with Gasteiger partial charge in [-0.1, -0.05) is 5.16 Å². The number of hydrogen-bond donors (Lipinski definition) is 1. The standard InChI is InChI=1S/C13H15N5O3/c1-9-6-12(17-21-9)16-11-7-10(14-8-15-11)13(19)18-2-4-20-5-3-18/h6-8H,2-5H2,1H3,(H,14,15,16,17). The Bertz CT molecular complexity index is 636. The van der Waals surface area contributed by atoms with Gasteiger partial charge in [-0.05, 0) is 6.92 Å². The lowest BCUT2D eigenvalue weighted by molar-refractivity contribution is 0.0299. The van der Waals surface area contributed by atoms with E-state index in [0.717, 1.165) is 0 Å². The topological polar surface area (TPSA) is 93.4 Å². The summed E-state index contributed by atoms with van der Waals surface area (Å²) in [5, 5.41) is 6.79. The molecule has 0 aromatic carbocycles. The second-order valence-electron chi connectivity index (χ2n) is 4.64. The van der Waals surface area contributed by atoms with Crippen LogP contribution in [0.4, 0.5) is 11.6 Å². The van der Waals surface area contributed by atoms with Gasteiger partial charge >= 0.3 is 0 Å². The van der Waals surface area contributed by atoms with Gasteiger partial charge in [0.15, 0.2) is 5.82 Å². The molecule has 110 valence electrons. The number of anilines is 2. The molecule has 0 atom stereocenters. The van der Waals surface area contributed by atoms with Gasteiger partial charge in [-0.15, -0.1) is 0 Å². The summed E-state index contributed by atoms with van der Waals surface area (Å²) in [4.78, 5) is 22.2. The van der Waals surface area contributed by atoms with Gasteiger partial charge in [-0.25, -0.2) is 9.97 Å². The normalized spacial score (nSPS) is 15.0. The van der Waals surface area contributed by atoms with Crippen LogP contribution < -0.4 is 5.32 Å². The Morgan fingerprint density at radius 2 is 2.05 bits per heavy atom. The van der Waals surface area contributed by atoms with Crippen LogP contribution in [0.1, 0.15) is 16.2 Å². The molecule has 3 rings (SSSR count). The third-order valence-electron chi connectivity index (χ3n) is 3.07. The Morgan fingerprint density at radius 3 is 2.76 bits per heavy atom. The van der Waals surface area contributed by atoms with Crippen LogP contribution in [0.2, 0.25) is 0 Å². The average Bonchev–Trinajstić information content (AvgIpc) is 2.93. The van der Waals surface area contributed by atoms with Crippen molar-refractivity contribution in [2.45, 2.75) is 6.92 Å². The minimum atomic E-state index is -0.125. The third-order valence-corrected chi connectivity index (χ3v) is 3.07. The summed E-state index contributed by atoms with van der Waals surface area (Å²) < 4.78 is 10.2. The lowest BCUT2D eigenvalue weighted by Gasteiger charge is -2.26. The van der Waals surface area contributed by atoms with Gasteiger partial charge in [0.2, 0.25) is 0 Å². The van der Waals surface area contributed by atoms with Gasteiger partial charge in [-0.2, -0.15) is 0 Å². The van der Waals surface area contributed by atoms with Crippen molar-refractivity contribution in [2.24, 2.45) is 0 Å². The van der Waals surface area contributed by atoms with E-state index >= 15 is 0 Å². The number of ether oxygens (including phenoxy) is 1. The highest BCUT2D eigenvalue weighted by Gasteiger charge is 2.20. The molecule has 0 unspecified atom stereocenters. The first-order chi connectivity index (χ1) is 10.2. The molecule has 1 saturated heterocycles. The molecule has 0 bridgehead atoms. The van der Waals surface area contributed by atoms with E-state index < -0.39 is 0 Å². The van der Waals surface area contributed by atoms with E-state index in [1.165, 1.54) is 6.33 Å². The minimum Gasteiger partial charge on any atom is -0.378 e. The summed E-state index contributed by atoms with van der Waals surface area (Å²) >= 11 is 0. The van der Waals surface area contributed by atoms with E-state index in [1.54, 1.807) is 24.0 Å². The van der Waals surface area contributed by atoms with Crippen LogP contribution in [0.3, 0.4) is 0 Å². The fourth-order valence-corrected chi connectivity index (χ4v) is 2.03. The van der Waals surface area contributed by atoms with Crippen LogP contribution in [0.25, 0.3) is 0 Å². The van der Waals surface area contributed by atoms with Crippen LogP contribution in [0.15, 0.2) is 23.0 Å². The molecule has 21 heavy (non-hydrogen) atoms. The van der Waals surface area contributed by atoms with Crippen LogP contribution >= 0.6 is 0 Å². The van der Waals surface area contributed by atoms with Gasteiger partial charge in [0.25, 0.3) is 5.91 Å². The molecule has 2 aromatic heterocycles. The predicted octanol–water partition coefficient (Wildman–Crippen LogP) is 0.989. The van der Waals surface area contributed by atoms with Crippen molar-refractivity contribution in [1.29, 1.82) is 0 Å². The molecule has 1 fully saturated rings. The van der Waals surface area contributed by atoms with Crippen molar-refractivity contribution in [3.05, 3.63) is 29.9 Å². The van der Waals surface area contributed by atoms with E-state index in [4.69, 9.17) is 9.26 Å². The van der Waals surface area contributed by atoms with Crippen molar-refractivity contribution >= 4 is 17.5 Å². The summed E-state index contributed by atoms with van der Waals surface area (Å²) in [6.45, 7) is 4.06. The Labute approximate surface area is 121 Å². The van der Waals surface area contributed by atoms with Gasteiger partial charge in [0.05, 0.1) is 13.2 Å². The SMILES string of the molecule is Cc1cc(Nc2cc(C(=O)N3CCOCC3)ncn2)no1. The number of aromatic nitrogens is 3. The smallest absolute Gasteiger partial charge is 0.272 e. The van der Waals surface area contributed by atoms with Crippen LogP contribution in [-0.4, -0.2) is 52.2 Å². The van der Waals surface area contributed by atoms with Crippen LogP contribution in [0.5, 0.6) is 0 Å². The number of amides is 1. The van der Waals surface area contributed by atoms with E-state index in [2.05, 4.69) is 20.4 Å². The highest BCUT2D eigenvalue weighted by atomic mass is 16.5. The van der Waals surface area contributed by atoms with E-state index in [1.807, 2.05) is 0 Å². The fraction of sp³-hybridized carbons (Fsp3) is 0.385. The lowest BCUT2D eigenvalue weighted by atomic mass is 10.3. The molecule has 1 aliphatic rings. The van der Waals surface area contributed by atoms with Crippen molar-refractivity contribution in [3.8, 4) is 0 Å². The highest BCUT2D eigenvalue weighted by Crippen LogP contribution is 2.15. The second kappa shape index (κ2) is 5.88. The van der Waals surface area contributed by atoms with Crippen molar-refractivity contribution in [3.63, 3.8) is 0 Å². The van der Waals surface area contributed by atoms with E-state index in [9.17, 15) is 4.79 Å². The predicted molar refractivity (Wildman–Crippen MR) is 73.3 cm³/mol. The molecule has 0 spiro atoms. The van der Waals surface area contributed by atoms with E-state index in [0.29, 0.717) is 49.4 Å². The second-order valence-corrected chi connectivity index (χ2v) is 4.64. The molecule has 0 aliphatic carbocycles. The first-order valence-corrected chi connectivity index (χ1v) is 6.62. The molecule has 1 aliphatic heterocycles. The Hall–Kier alpha value is -2.48. The molecular weight excluding hydrogens is 274 g/mol. The van der Waals surface area contributed by atoms with Crippen LogP contribution in [-0.2, 0) is 4.74 Å². The lowest BCUT2D eigenvalue weighted by Crippen LogP contribution is -2.41. The van der Waals surface area contributed by atoms with Gasteiger partial charge in [-0.3, -0.25) is 4.79 Å². The maximum Gasteiger partial charge on any atom is 0.272 e. The Kier molecular flexibility index (Phi) is 3.78. The third kappa shape index (κ3) is 3.16. The number of carbonyl (C=O) groups is 1. The molecule has 8 nitrogen and oxygen atoms in total. The molecule has 1 amide bonds. The first kappa shape index (κ1) is 13.5. The Morgan fingerprint density at radius 1 is 1.24 bits per heavy atom. The molecule has 1 N–H and O–H groups in total. The zero-order chi connectivity index (χ0) is 14.7. The summed E-state index contributed by atoms with van der Waals surface area (Å²) in [6, 6.07) is 3.34. The maximum absolute atomic E-state index is 12.3. The largest absolute Gasteiger partial charge is 0.378 e. The van der Waals surface area contributed by atoms with E-state index in [-0.39, 0.29) is 5.91 Å². The molecule has 0 radical (unpaired) electrons. The number of morpholine rings is 1. The number of nitrogens with zero attached hydrogens (tertiary/aromatic N) is 4. The van der Waals surface area contributed by atoms with Gasteiger partial charge in [0, 0.05) is 25.2 Å². The molecule has 3 heterocycles. The monoisotopic (exact) mass is 289 g/mol. The van der Waals surface area contributed by atoms with Crippen LogP contribution in [0, 0.1) is 6.92 Å². The summed E-state index contributed by atoms with van der Waals surface area (Å²) in [7, 11) is 0. The summed E-state index contributed by atoms with van der Waals surface area (Å²) in [5.41, 5.74) is 0.342. The highest BCUT2D eigenvalue weighted by molar-refractivity contribution is 5.93. The van der Waals surface area contributed by atoms with Gasteiger partial charge < -0.3 is 19.5 Å². The zero-order valence-electron chi connectivity index (χ0n) is 11.6. The fourth-order valence-electron chi connectivity index (χ4n) is 2.03. The summed E-state index contributed by atoms with van der Waals surface area (Å²) in [5.74, 6) is 1.60. The number of carbonyl (C=O) groups excluding carboxylic acids is 1. The summed E-state index contributed by atoms with van der Waals surface area (Å²) in [6.07, 6.45) is 1.35. The van der Waals surface area contributed by atoms with Crippen molar-refractivity contribution < 1.29 is 14.1 Å². The van der Waals surface area contributed by atoms with Crippen molar-refractivity contribution in [1.82, 2.24) is 20.0 Å². The number of hydrogen-bond acceptors (Lipinski definition) is 7. The molecular formula is C13H15N5O3. The van der Waals surface area contributed by atoms with Crippen molar-refractivity contribution in [2.75, 3.05) is 31.6 Å². The molecule has 8 heteroatoms. The minimum absolute atomic E-state index is 0.125. The first-order valence-electron chi connectivity index (χ1n) is 6.62. The molecule has 2 aromatic rings. The molecule has 0 saturated carbocycles. The number of aryl methyl sites for hydroxylation is 1. The Balaban J connectivity index is 1.74. The maximum atomic E-state index is 12.3. The number of nitrogens with one attached hydrogen (secondary N) is 1. The average molecular weight is 289 g/mol. The zero-order valence-corrected chi connectivity index (χ0v) is 11.6. The number of rotatable bonds is 3. The van der Waals surface area contributed by atoms with Gasteiger partial charge in [0.1, 0.15) is 23.6 Å². The quantitative estimate of drug-likeness (QED) is 0.900.